The Morgan fingerprint density at radius 1 is 1.13 bits per heavy atom. The van der Waals surface area contributed by atoms with Crippen molar-refractivity contribution in [1.82, 2.24) is 9.88 Å². The first-order valence-corrected chi connectivity index (χ1v) is 18.0. The highest BCUT2D eigenvalue weighted by Gasteiger charge is 2.21. The highest BCUT2D eigenvalue weighted by atomic mass is 19.1. The van der Waals surface area contributed by atoms with E-state index in [0.29, 0.717) is 17.2 Å². The zero-order valence-corrected chi connectivity index (χ0v) is 30.9. The minimum Gasteiger partial charge on any atom is -0.398 e. The molecule has 0 saturated heterocycles. The van der Waals surface area contributed by atoms with Gasteiger partial charge < -0.3 is 16.4 Å². The van der Waals surface area contributed by atoms with Crippen molar-refractivity contribution in [3.05, 3.63) is 86.8 Å². The first-order chi connectivity index (χ1) is 22.6. The van der Waals surface area contributed by atoms with Gasteiger partial charge in [0.05, 0.1) is 23.4 Å². The fourth-order valence-electron chi connectivity index (χ4n) is 5.94. The van der Waals surface area contributed by atoms with Gasteiger partial charge in [-0.05, 0) is 86.9 Å². The number of nitrogen functional groups attached to an aromatic ring is 1. The smallest absolute Gasteiger partial charge is 0.260 e. The minimum absolute atomic E-state index is 0.102. The minimum atomic E-state index is -0.334. The van der Waals surface area contributed by atoms with Gasteiger partial charge in [-0.3, -0.25) is 9.36 Å². The van der Waals surface area contributed by atoms with Crippen molar-refractivity contribution in [2.24, 2.45) is 5.92 Å². The third-order valence-corrected chi connectivity index (χ3v) is 8.31. The number of nitrogens with zero attached hydrogens (tertiary/aromatic N) is 2. The van der Waals surface area contributed by atoms with Crippen LogP contribution in [0.3, 0.4) is 0 Å². The predicted octanol–water partition coefficient (Wildman–Crippen LogP) is 10.3. The molecule has 4 N–H and O–H groups in total. The monoisotopic (exact) mass is 647 g/mol. The molecular formula is C40H62FN5O. The Morgan fingerprint density at radius 2 is 1.83 bits per heavy atom. The molecule has 2 unspecified atom stereocenters. The van der Waals surface area contributed by atoms with Crippen LogP contribution in [-0.2, 0) is 6.42 Å². The molecule has 0 saturated carbocycles. The zero-order chi connectivity index (χ0) is 35.5. The van der Waals surface area contributed by atoms with Crippen molar-refractivity contribution in [2.75, 3.05) is 17.6 Å². The Morgan fingerprint density at radius 3 is 2.40 bits per heavy atom. The molecule has 47 heavy (non-hydrogen) atoms. The normalized spacial score (nSPS) is 15.5. The van der Waals surface area contributed by atoms with E-state index >= 15 is 0 Å². The maximum absolute atomic E-state index is 14.2. The van der Waals surface area contributed by atoms with Crippen LogP contribution in [0.1, 0.15) is 137 Å². The number of nitrogens with two attached hydrogens (primary N) is 1. The predicted molar refractivity (Wildman–Crippen MR) is 201 cm³/mol. The average molecular weight is 648 g/mol. The lowest BCUT2D eigenvalue weighted by Crippen LogP contribution is -2.30. The number of pyridine rings is 1. The van der Waals surface area contributed by atoms with E-state index in [2.05, 4.69) is 58.3 Å². The molecule has 0 aliphatic carbocycles. The third kappa shape index (κ3) is 11.8. The highest BCUT2D eigenvalue weighted by Crippen LogP contribution is 2.34. The number of nitrogens with one attached hydrogen (secondary N) is 2. The van der Waals surface area contributed by atoms with Crippen molar-refractivity contribution >= 4 is 17.1 Å². The van der Waals surface area contributed by atoms with E-state index in [1.54, 1.807) is 6.07 Å². The number of hydrogen-bond donors (Lipinski definition) is 3. The van der Waals surface area contributed by atoms with Gasteiger partial charge in [-0.15, -0.1) is 0 Å². The molecule has 2 aliphatic rings. The van der Waals surface area contributed by atoms with Gasteiger partial charge in [0.1, 0.15) is 5.82 Å². The van der Waals surface area contributed by atoms with Crippen molar-refractivity contribution in [1.29, 1.82) is 5.26 Å². The number of nitriles is 1. The van der Waals surface area contributed by atoms with Gasteiger partial charge in [0.15, 0.2) is 0 Å². The molecule has 260 valence electrons. The second kappa shape index (κ2) is 21.9. The van der Waals surface area contributed by atoms with Crippen LogP contribution in [0.4, 0.5) is 15.8 Å². The summed E-state index contributed by atoms with van der Waals surface area (Å²) >= 11 is 0. The largest absolute Gasteiger partial charge is 0.398 e. The molecule has 2 aliphatic heterocycles. The standard InChI is InChI=1S/C20H27N3O.C16H23FN2.2C2H6/c1-4-6-15(5-2)13-17-14(3)21-11-8-19(17)23-12-9-18-16(20(23)24)7-10-22-18;1-4-5-13(7-6-11(2)3)16-14(17)8-12(10-18)9-15(16)19;2*1-2/h8-9,11-14,21-22H,4-7,10H2,1-3H3;8-9,11,13H,4-7,19H2,1-3H3;2*1-2H3/b15-13-;;;. The SMILES string of the molecule is CC.CC.CCC/C(=C\C1=C(n2ccc3c(c2=O)CCN3)C=CNC1C)CC.CCCC(CCC(C)C)c1c(N)cc(C#N)cc1F. The van der Waals surface area contributed by atoms with Crippen molar-refractivity contribution < 1.29 is 4.39 Å². The van der Waals surface area contributed by atoms with Crippen LogP contribution in [0.15, 0.2) is 58.7 Å². The molecule has 7 heteroatoms. The lowest BCUT2D eigenvalue weighted by molar-refractivity contribution is 0.464. The van der Waals surface area contributed by atoms with Gasteiger partial charge in [0.25, 0.3) is 5.56 Å². The Balaban J connectivity index is 0.000000436. The van der Waals surface area contributed by atoms with E-state index in [1.165, 1.54) is 17.2 Å². The summed E-state index contributed by atoms with van der Waals surface area (Å²) in [7, 11) is 0. The summed E-state index contributed by atoms with van der Waals surface area (Å²) < 4.78 is 16.0. The second-order valence-corrected chi connectivity index (χ2v) is 12.1. The van der Waals surface area contributed by atoms with Gasteiger partial charge in [-0.1, -0.05) is 93.2 Å². The Hall–Kier alpha value is -3.79. The molecule has 2 atom stereocenters. The third-order valence-electron chi connectivity index (χ3n) is 8.31. The van der Waals surface area contributed by atoms with E-state index in [-0.39, 0.29) is 28.9 Å². The Bertz CT molecular complexity index is 1420. The van der Waals surface area contributed by atoms with Gasteiger partial charge >= 0.3 is 0 Å². The fourth-order valence-corrected chi connectivity index (χ4v) is 5.94. The molecule has 0 spiro atoms. The number of dihydropyridines is 1. The number of anilines is 2. The molecule has 2 aromatic rings. The lowest BCUT2D eigenvalue weighted by atomic mass is 9.86. The Labute approximate surface area is 285 Å². The summed E-state index contributed by atoms with van der Waals surface area (Å²) in [6.45, 7) is 21.8. The lowest BCUT2D eigenvalue weighted by Gasteiger charge is -2.24. The Kier molecular flexibility index (Phi) is 19.2. The van der Waals surface area contributed by atoms with Crippen LogP contribution in [0.2, 0.25) is 0 Å². The average Bonchev–Trinajstić information content (AvgIpc) is 3.56. The van der Waals surface area contributed by atoms with E-state index in [1.807, 2.05) is 62.9 Å². The summed E-state index contributed by atoms with van der Waals surface area (Å²) in [5.41, 5.74) is 12.9. The number of halogens is 1. The molecule has 6 nitrogen and oxygen atoms in total. The van der Waals surface area contributed by atoms with Crippen LogP contribution in [0, 0.1) is 23.1 Å². The number of allylic oxidation sites excluding steroid dienone is 3. The number of aromatic nitrogens is 1. The van der Waals surface area contributed by atoms with Crippen LogP contribution < -0.4 is 21.9 Å². The summed E-state index contributed by atoms with van der Waals surface area (Å²) in [4.78, 5) is 12.9. The molecule has 0 amide bonds. The summed E-state index contributed by atoms with van der Waals surface area (Å²) in [6.07, 6.45) is 16.2. The van der Waals surface area contributed by atoms with Crippen LogP contribution >= 0.6 is 0 Å². The quantitative estimate of drug-likeness (QED) is 0.211. The molecule has 0 bridgehead atoms. The zero-order valence-electron chi connectivity index (χ0n) is 30.9. The molecule has 1 aromatic carbocycles. The van der Waals surface area contributed by atoms with Gasteiger partial charge in [0, 0.05) is 35.2 Å². The molecule has 4 rings (SSSR count). The maximum Gasteiger partial charge on any atom is 0.260 e. The van der Waals surface area contributed by atoms with Crippen LogP contribution in [-0.4, -0.2) is 17.2 Å². The summed E-state index contributed by atoms with van der Waals surface area (Å²) in [5, 5.41) is 15.5. The molecular weight excluding hydrogens is 585 g/mol. The van der Waals surface area contributed by atoms with E-state index < -0.39 is 0 Å². The molecule has 3 heterocycles. The number of benzene rings is 1. The highest BCUT2D eigenvalue weighted by molar-refractivity contribution is 5.69. The molecule has 0 fully saturated rings. The fraction of sp³-hybridized carbons (Fsp3) is 0.550. The van der Waals surface area contributed by atoms with Gasteiger partial charge in [-0.25, -0.2) is 4.39 Å². The first kappa shape index (κ1) is 41.2. The van der Waals surface area contributed by atoms with E-state index in [0.717, 1.165) is 74.9 Å². The van der Waals surface area contributed by atoms with Crippen molar-refractivity contribution in [3.8, 4) is 6.07 Å². The summed E-state index contributed by atoms with van der Waals surface area (Å²) in [6, 6.07) is 7.03. The topological polar surface area (TPSA) is 95.9 Å². The summed E-state index contributed by atoms with van der Waals surface area (Å²) in [5.74, 6) is 0.418. The second-order valence-electron chi connectivity index (χ2n) is 12.1. The number of rotatable bonds is 11. The van der Waals surface area contributed by atoms with Crippen molar-refractivity contribution in [2.45, 2.75) is 133 Å². The van der Waals surface area contributed by atoms with E-state index in [4.69, 9.17) is 11.0 Å². The number of fused-ring (bicyclic) bond motifs is 1. The maximum atomic E-state index is 14.2. The van der Waals surface area contributed by atoms with Gasteiger partial charge in [-0.2, -0.15) is 5.26 Å². The first-order valence-electron chi connectivity index (χ1n) is 18.0. The van der Waals surface area contributed by atoms with Crippen molar-refractivity contribution in [3.63, 3.8) is 0 Å². The van der Waals surface area contributed by atoms with E-state index in [9.17, 15) is 9.18 Å². The van der Waals surface area contributed by atoms with Crippen LogP contribution in [0.5, 0.6) is 0 Å². The molecule has 1 aromatic heterocycles. The van der Waals surface area contributed by atoms with Gasteiger partial charge in [0.2, 0.25) is 0 Å². The van der Waals surface area contributed by atoms with Crippen LogP contribution in [0.25, 0.3) is 5.70 Å². The number of hydrogen-bond acceptors (Lipinski definition) is 5. The molecule has 0 radical (unpaired) electrons.